The Bertz CT molecular complexity index is 2090. The molecule has 0 radical (unpaired) electrons. The van der Waals surface area contributed by atoms with Crippen LogP contribution >= 0.6 is 11.3 Å². The van der Waals surface area contributed by atoms with Gasteiger partial charge in [-0.15, -0.1) is 11.3 Å². The molecule has 1 heteroatoms. The number of allylic oxidation sites excluding steroid dienone is 9. The van der Waals surface area contributed by atoms with Gasteiger partial charge in [0.05, 0.1) is 0 Å². The summed E-state index contributed by atoms with van der Waals surface area (Å²) in [6, 6.07) is 37.1. The predicted molar refractivity (Wildman–Crippen MR) is 196 cm³/mol. The molecule has 6 rings (SSSR count). The molecule has 5 aromatic rings. The molecular weight excluding hydrogens is 549 g/mol. The monoisotopic (exact) mass is 586 g/mol. The summed E-state index contributed by atoms with van der Waals surface area (Å²) in [6.45, 7) is 11.3. The van der Waals surface area contributed by atoms with Gasteiger partial charge in [0.2, 0.25) is 0 Å². The number of thiophene rings is 1. The van der Waals surface area contributed by atoms with Crippen LogP contribution in [0.5, 0.6) is 0 Å². The van der Waals surface area contributed by atoms with Gasteiger partial charge in [0.1, 0.15) is 0 Å². The molecule has 1 aromatic heterocycles. The van der Waals surface area contributed by atoms with E-state index < -0.39 is 0 Å². The maximum Gasteiger partial charge on any atom is 0.0387 e. The summed E-state index contributed by atoms with van der Waals surface area (Å²) in [4.78, 5) is 1.35. The van der Waals surface area contributed by atoms with Crippen molar-refractivity contribution in [3.63, 3.8) is 0 Å². The van der Waals surface area contributed by atoms with Gasteiger partial charge in [0.15, 0.2) is 0 Å². The van der Waals surface area contributed by atoms with E-state index in [0.29, 0.717) is 0 Å². The van der Waals surface area contributed by atoms with Crippen LogP contribution in [0.1, 0.15) is 49.6 Å². The predicted octanol–water partition coefficient (Wildman–Crippen LogP) is 11.0. The number of hydrogen-bond donors (Lipinski definition) is 0. The van der Waals surface area contributed by atoms with E-state index in [1.165, 1.54) is 69.9 Å². The van der Waals surface area contributed by atoms with Gasteiger partial charge in [-0.05, 0) is 94.7 Å². The fraction of sp³-hybridized carbons (Fsp3) is 0.116. The first kappa shape index (κ1) is 29.4. The molecule has 0 nitrogen and oxygen atoms in total. The van der Waals surface area contributed by atoms with Gasteiger partial charge in [-0.25, -0.2) is 0 Å². The summed E-state index contributed by atoms with van der Waals surface area (Å²) in [6.07, 6.45) is 15.1. The molecule has 0 aliphatic heterocycles. The highest BCUT2D eigenvalue weighted by molar-refractivity contribution is 7.20. The average molecular weight is 587 g/mol. The first-order chi connectivity index (χ1) is 21.6. The summed E-state index contributed by atoms with van der Waals surface area (Å²) in [7, 11) is 0. The van der Waals surface area contributed by atoms with Crippen LogP contribution in [0.2, 0.25) is 0 Å². The van der Waals surface area contributed by atoms with Crippen LogP contribution in [-0.2, 0) is 0 Å². The zero-order valence-electron chi connectivity index (χ0n) is 25.8. The summed E-state index contributed by atoms with van der Waals surface area (Å²) in [5, 5.41) is 3.84. The Morgan fingerprint density at radius 3 is 2.02 bits per heavy atom. The Morgan fingerprint density at radius 2 is 1.30 bits per heavy atom. The molecule has 0 fully saturated rings. The molecule has 0 amide bonds. The molecule has 0 bridgehead atoms. The quantitative estimate of drug-likeness (QED) is 0.186. The third-order valence-electron chi connectivity index (χ3n) is 8.58. The van der Waals surface area contributed by atoms with Crippen molar-refractivity contribution in [2.24, 2.45) is 0 Å². The molecule has 44 heavy (non-hydrogen) atoms. The lowest BCUT2D eigenvalue weighted by atomic mass is 9.86. The minimum Gasteiger partial charge on any atom is -0.135 e. The second-order valence-electron chi connectivity index (χ2n) is 11.1. The Kier molecular flexibility index (Phi) is 8.86. The second-order valence-corrected chi connectivity index (χ2v) is 12.2. The number of hydrogen-bond acceptors (Lipinski definition) is 1. The van der Waals surface area contributed by atoms with Crippen molar-refractivity contribution in [2.75, 3.05) is 0 Å². The van der Waals surface area contributed by atoms with Crippen LogP contribution in [0.3, 0.4) is 0 Å². The van der Waals surface area contributed by atoms with Crippen LogP contribution in [0.25, 0.3) is 49.1 Å². The van der Waals surface area contributed by atoms with Crippen molar-refractivity contribution in [3.05, 3.63) is 173 Å². The molecule has 1 aliphatic rings. The number of fused-ring (bicyclic) bond motifs is 2. The molecule has 0 N–H and O–H groups in total. The maximum absolute atomic E-state index is 4.77. The normalized spacial score (nSPS) is 18.1. The molecule has 0 spiro atoms. The Hall–Kier alpha value is -4.72. The van der Waals surface area contributed by atoms with Crippen LogP contribution < -0.4 is 10.4 Å². The minimum atomic E-state index is 0.798. The maximum atomic E-state index is 4.77. The molecule has 0 unspecified atom stereocenters. The summed E-state index contributed by atoms with van der Waals surface area (Å²) < 4.78 is 1.32. The Balaban J connectivity index is 1.67. The first-order valence-electron chi connectivity index (χ1n) is 15.4. The van der Waals surface area contributed by atoms with E-state index in [0.717, 1.165) is 18.4 Å². The summed E-state index contributed by atoms with van der Waals surface area (Å²) in [5.74, 6) is 0. The van der Waals surface area contributed by atoms with Crippen molar-refractivity contribution in [1.29, 1.82) is 0 Å². The van der Waals surface area contributed by atoms with Crippen LogP contribution in [-0.4, -0.2) is 0 Å². The third-order valence-corrected chi connectivity index (χ3v) is 9.88. The zero-order valence-corrected chi connectivity index (χ0v) is 26.6. The van der Waals surface area contributed by atoms with Crippen molar-refractivity contribution in [3.8, 4) is 11.1 Å². The molecule has 0 saturated carbocycles. The van der Waals surface area contributed by atoms with Gasteiger partial charge >= 0.3 is 0 Å². The molecule has 0 atom stereocenters. The van der Waals surface area contributed by atoms with Crippen molar-refractivity contribution in [2.45, 2.75) is 33.6 Å². The van der Waals surface area contributed by atoms with E-state index in [2.05, 4.69) is 160 Å². The van der Waals surface area contributed by atoms with Gasteiger partial charge in [0.25, 0.3) is 0 Å². The third kappa shape index (κ3) is 5.64. The highest BCUT2D eigenvalue weighted by Crippen LogP contribution is 2.43. The van der Waals surface area contributed by atoms with Crippen LogP contribution in [0.15, 0.2) is 146 Å². The van der Waals surface area contributed by atoms with Gasteiger partial charge < -0.3 is 0 Å². The summed E-state index contributed by atoms with van der Waals surface area (Å²) in [5.41, 5.74) is 11.2. The van der Waals surface area contributed by atoms with Crippen molar-refractivity contribution >= 4 is 49.3 Å². The Labute approximate surface area is 265 Å². The highest BCUT2D eigenvalue weighted by Gasteiger charge is 2.20. The smallest absolute Gasteiger partial charge is 0.0387 e. The van der Waals surface area contributed by atoms with E-state index in [1.807, 2.05) is 11.3 Å². The van der Waals surface area contributed by atoms with E-state index >= 15 is 0 Å². The largest absolute Gasteiger partial charge is 0.135 e. The fourth-order valence-corrected chi connectivity index (χ4v) is 7.52. The molecular formula is C43H38S. The van der Waals surface area contributed by atoms with E-state index in [-0.39, 0.29) is 0 Å². The van der Waals surface area contributed by atoms with Gasteiger partial charge in [-0.1, -0.05) is 140 Å². The van der Waals surface area contributed by atoms with Gasteiger partial charge in [-0.3, -0.25) is 0 Å². The molecule has 0 saturated heterocycles. The van der Waals surface area contributed by atoms with Crippen molar-refractivity contribution < 1.29 is 0 Å². The topological polar surface area (TPSA) is 0 Å². The molecule has 4 aromatic carbocycles. The van der Waals surface area contributed by atoms with Gasteiger partial charge in [-0.2, -0.15) is 0 Å². The highest BCUT2D eigenvalue weighted by atomic mass is 32.1. The SMILES string of the molecule is C=C(\C1=c2/cccc/c2=C(\C(=C/C)c2c(/C(C)=C/C)sc3ccccc23)C/C=C\C=C/C1)c1ccccc1-c1ccccc1. The van der Waals surface area contributed by atoms with E-state index in [9.17, 15) is 0 Å². The Morgan fingerprint density at radius 1 is 0.682 bits per heavy atom. The van der Waals surface area contributed by atoms with Crippen LogP contribution in [0.4, 0.5) is 0 Å². The average Bonchev–Trinajstić information content (AvgIpc) is 3.47. The first-order valence-corrected chi connectivity index (χ1v) is 16.2. The molecule has 1 heterocycles. The lowest BCUT2D eigenvalue weighted by molar-refractivity contribution is 1.31. The van der Waals surface area contributed by atoms with Crippen LogP contribution in [0, 0.1) is 0 Å². The van der Waals surface area contributed by atoms with Crippen molar-refractivity contribution in [1.82, 2.24) is 0 Å². The minimum absolute atomic E-state index is 0.798. The molecule has 1 aliphatic carbocycles. The molecule has 216 valence electrons. The number of benzene rings is 4. The fourth-order valence-electron chi connectivity index (χ4n) is 6.27. The standard InChI is InChI=1S/C43H38S/c1-5-30(3)43-42(40-28-18-19-29-41(40)44-43)33(6-2)37-25-13-8-7-12-22-35(38-26-16-17-27-39(37)38)31(4)34-23-14-15-24-36(34)32-20-10-9-11-21-32/h5-21,23-24,26-29H,4,22,25H2,1-3H3/b12-7-,13-8-,30-5+,33-6+,38-35+,39-37+. The second kappa shape index (κ2) is 13.3. The lowest BCUT2D eigenvalue weighted by Crippen LogP contribution is -2.30. The van der Waals surface area contributed by atoms with E-state index in [1.54, 1.807) is 0 Å². The van der Waals surface area contributed by atoms with Gasteiger partial charge in [0, 0.05) is 20.5 Å². The van der Waals surface area contributed by atoms with E-state index in [4.69, 9.17) is 6.58 Å². The number of rotatable bonds is 6. The summed E-state index contributed by atoms with van der Waals surface area (Å²) >= 11 is 1.89. The zero-order chi connectivity index (χ0) is 30.5. The lowest BCUT2D eigenvalue weighted by Gasteiger charge is -2.18.